The molecule has 1 saturated heterocycles. The summed E-state index contributed by atoms with van der Waals surface area (Å²) in [5.74, 6) is 0. The zero-order valence-corrected chi connectivity index (χ0v) is 12.2. The zero-order chi connectivity index (χ0) is 13.7. The molecule has 2 heterocycles. The van der Waals surface area contributed by atoms with Gasteiger partial charge in [0.25, 0.3) is 0 Å². The summed E-state index contributed by atoms with van der Waals surface area (Å²) in [7, 11) is 3.78. The second-order valence-electron chi connectivity index (χ2n) is 5.14. The van der Waals surface area contributed by atoms with Gasteiger partial charge >= 0.3 is 0 Å². The Morgan fingerprint density at radius 3 is 2.95 bits per heavy atom. The van der Waals surface area contributed by atoms with Crippen LogP contribution in [0.4, 0.5) is 5.69 Å². The van der Waals surface area contributed by atoms with Crippen molar-refractivity contribution in [1.82, 2.24) is 10.3 Å². The third kappa shape index (κ3) is 3.45. The van der Waals surface area contributed by atoms with Crippen LogP contribution in [-0.4, -0.2) is 38.3 Å². The molecule has 2 atom stereocenters. The van der Waals surface area contributed by atoms with E-state index >= 15 is 0 Å². The Morgan fingerprint density at radius 1 is 1.53 bits per heavy atom. The number of hydrogen-bond donors (Lipinski definition) is 1. The maximum Gasteiger partial charge on any atom is 0.0746 e. The van der Waals surface area contributed by atoms with E-state index in [1.54, 1.807) is 7.11 Å². The predicted molar refractivity (Wildman–Crippen MR) is 78.6 cm³/mol. The van der Waals surface area contributed by atoms with Crippen LogP contribution in [0.15, 0.2) is 18.3 Å². The van der Waals surface area contributed by atoms with Crippen molar-refractivity contribution in [1.29, 1.82) is 0 Å². The number of rotatable bonds is 5. The molecule has 19 heavy (non-hydrogen) atoms. The normalized spacial score (nSPS) is 21.4. The van der Waals surface area contributed by atoms with Gasteiger partial charge in [-0.1, -0.05) is 6.92 Å². The third-order valence-electron chi connectivity index (χ3n) is 3.96. The largest absolute Gasteiger partial charge is 0.380 e. The first-order chi connectivity index (χ1) is 9.28. The molecule has 0 spiro atoms. The van der Waals surface area contributed by atoms with Gasteiger partial charge in [-0.15, -0.1) is 0 Å². The molecule has 2 rings (SSSR count). The molecule has 0 amide bonds. The summed E-state index contributed by atoms with van der Waals surface area (Å²) in [4.78, 5) is 6.97. The second-order valence-corrected chi connectivity index (χ2v) is 5.14. The number of anilines is 1. The lowest BCUT2D eigenvalue weighted by Crippen LogP contribution is -2.39. The molecule has 1 N–H and O–H groups in total. The topological polar surface area (TPSA) is 37.4 Å². The van der Waals surface area contributed by atoms with E-state index in [0.29, 0.717) is 12.1 Å². The van der Waals surface area contributed by atoms with Crippen LogP contribution in [-0.2, 0) is 4.74 Å². The van der Waals surface area contributed by atoms with Gasteiger partial charge in [-0.05, 0) is 38.4 Å². The summed E-state index contributed by atoms with van der Waals surface area (Å²) < 4.78 is 5.47. The Hall–Kier alpha value is -1.13. The first kappa shape index (κ1) is 14.3. The van der Waals surface area contributed by atoms with Gasteiger partial charge in [0.2, 0.25) is 0 Å². The summed E-state index contributed by atoms with van der Waals surface area (Å²) in [6.45, 7) is 4.25. The highest BCUT2D eigenvalue weighted by Gasteiger charge is 2.20. The standard InChI is InChI=1S/C15H25N3O/c1-4-14(16-2)15-8-7-12(10-17-15)18-9-5-6-13(11-18)19-3/h7-8,10,13-14,16H,4-6,9,11H2,1-3H3. The van der Waals surface area contributed by atoms with Crippen LogP contribution in [0.2, 0.25) is 0 Å². The third-order valence-corrected chi connectivity index (χ3v) is 3.96. The molecular formula is C15H25N3O. The summed E-state index contributed by atoms with van der Waals surface area (Å²) in [5, 5.41) is 3.29. The van der Waals surface area contributed by atoms with Crippen LogP contribution < -0.4 is 10.2 Å². The Kier molecular flexibility index (Phi) is 5.16. The molecular weight excluding hydrogens is 238 g/mol. The van der Waals surface area contributed by atoms with Gasteiger partial charge in [0.05, 0.1) is 23.7 Å². The van der Waals surface area contributed by atoms with Gasteiger partial charge in [-0.25, -0.2) is 0 Å². The zero-order valence-electron chi connectivity index (χ0n) is 12.2. The fourth-order valence-electron chi connectivity index (χ4n) is 2.72. The summed E-state index contributed by atoms with van der Waals surface area (Å²) in [6.07, 6.45) is 5.75. The van der Waals surface area contributed by atoms with E-state index < -0.39 is 0 Å². The minimum atomic E-state index is 0.349. The van der Waals surface area contributed by atoms with Gasteiger partial charge in [-0.3, -0.25) is 4.98 Å². The van der Waals surface area contributed by atoms with Crippen LogP contribution in [0.25, 0.3) is 0 Å². The number of nitrogens with zero attached hydrogens (tertiary/aromatic N) is 2. The number of methoxy groups -OCH3 is 1. The fourth-order valence-corrected chi connectivity index (χ4v) is 2.72. The van der Waals surface area contributed by atoms with Gasteiger partial charge in [0.1, 0.15) is 0 Å². The molecule has 0 bridgehead atoms. The monoisotopic (exact) mass is 263 g/mol. The summed E-state index contributed by atoms with van der Waals surface area (Å²) in [5.41, 5.74) is 2.32. The van der Waals surface area contributed by atoms with Crippen LogP contribution in [0.3, 0.4) is 0 Å². The number of aromatic nitrogens is 1. The molecule has 1 fully saturated rings. The first-order valence-electron chi connectivity index (χ1n) is 7.19. The maximum atomic E-state index is 5.47. The molecule has 0 aromatic carbocycles. The van der Waals surface area contributed by atoms with Crippen molar-refractivity contribution in [2.75, 3.05) is 32.1 Å². The van der Waals surface area contributed by atoms with Gasteiger partial charge < -0.3 is 15.0 Å². The number of pyridine rings is 1. The number of ether oxygens (including phenoxy) is 1. The average molecular weight is 263 g/mol. The molecule has 0 aliphatic carbocycles. The minimum Gasteiger partial charge on any atom is -0.380 e. The van der Waals surface area contributed by atoms with Crippen molar-refractivity contribution in [2.45, 2.75) is 38.3 Å². The van der Waals surface area contributed by atoms with E-state index in [4.69, 9.17) is 4.74 Å². The fraction of sp³-hybridized carbons (Fsp3) is 0.667. The van der Waals surface area contributed by atoms with Crippen LogP contribution >= 0.6 is 0 Å². The molecule has 1 aromatic rings. The van der Waals surface area contributed by atoms with Crippen molar-refractivity contribution >= 4 is 5.69 Å². The van der Waals surface area contributed by atoms with Crippen molar-refractivity contribution in [3.63, 3.8) is 0 Å². The van der Waals surface area contributed by atoms with E-state index in [0.717, 1.165) is 31.6 Å². The molecule has 4 nitrogen and oxygen atoms in total. The number of nitrogens with one attached hydrogen (secondary N) is 1. The minimum absolute atomic E-state index is 0.349. The number of piperidine rings is 1. The maximum absolute atomic E-state index is 5.47. The Labute approximate surface area is 116 Å². The smallest absolute Gasteiger partial charge is 0.0746 e. The number of hydrogen-bond acceptors (Lipinski definition) is 4. The Bertz CT molecular complexity index is 375. The highest BCUT2D eigenvalue weighted by atomic mass is 16.5. The molecule has 1 aliphatic heterocycles. The Morgan fingerprint density at radius 2 is 2.37 bits per heavy atom. The Balaban J connectivity index is 2.05. The molecule has 0 radical (unpaired) electrons. The molecule has 106 valence electrons. The molecule has 0 saturated carbocycles. The lowest BCUT2D eigenvalue weighted by atomic mass is 10.1. The summed E-state index contributed by atoms with van der Waals surface area (Å²) in [6, 6.07) is 4.67. The highest BCUT2D eigenvalue weighted by molar-refractivity contribution is 5.45. The van der Waals surface area contributed by atoms with Gasteiger partial charge in [-0.2, -0.15) is 0 Å². The lowest BCUT2D eigenvalue weighted by Gasteiger charge is -2.33. The van der Waals surface area contributed by atoms with E-state index in [2.05, 4.69) is 34.3 Å². The highest BCUT2D eigenvalue weighted by Crippen LogP contribution is 2.22. The molecule has 2 unspecified atom stereocenters. The van der Waals surface area contributed by atoms with Crippen molar-refractivity contribution < 1.29 is 4.74 Å². The molecule has 1 aliphatic rings. The van der Waals surface area contributed by atoms with E-state index in [-0.39, 0.29) is 0 Å². The quantitative estimate of drug-likeness (QED) is 0.885. The van der Waals surface area contributed by atoms with E-state index in [9.17, 15) is 0 Å². The summed E-state index contributed by atoms with van der Waals surface area (Å²) >= 11 is 0. The first-order valence-corrected chi connectivity index (χ1v) is 7.19. The predicted octanol–water partition coefficient (Wildman–Crippen LogP) is 2.37. The molecule has 1 aromatic heterocycles. The van der Waals surface area contributed by atoms with Crippen LogP contribution in [0, 0.1) is 0 Å². The van der Waals surface area contributed by atoms with Crippen molar-refractivity contribution in [2.24, 2.45) is 0 Å². The van der Waals surface area contributed by atoms with Crippen LogP contribution in [0.1, 0.15) is 37.9 Å². The molecule has 4 heteroatoms. The van der Waals surface area contributed by atoms with Crippen molar-refractivity contribution in [3.8, 4) is 0 Å². The SMILES string of the molecule is CCC(NC)c1ccc(N2CCCC(OC)C2)cn1. The lowest BCUT2D eigenvalue weighted by molar-refractivity contribution is 0.0893. The van der Waals surface area contributed by atoms with E-state index in [1.807, 2.05) is 13.2 Å². The van der Waals surface area contributed by atoms with Gasteiger partial charge in [0.15, 0.2) is 0 Å². The van der Waals surface area contributed by atoms with Crippen LogP contribution in [0.5, 0.6) is 0 Å². The van der Waals surface area contributed by atoms with Gasteiger partial charge in [0, 0.05) is 26.2 Å². The average Bonchev–Trinajstić information content (AvgIpc) is 2.49. The second kappa shape index (κ2) is 6.87. The van der Waals surface area contributed by atoms with E-state index in [1.165, 1.54) is 12.1 Å². The van der Waals surface area contributed by atoms with Crippen molar-refractivity contribution in [3.05, 3.63) is 24.0 Å².